The zero-order chi connectivity index (χ0) is 22.3. The first-order valence-corrected chi connectivity index (χ1v) is 10.3. The van der Waals surface area contributed by atoms with Gasteiger partial charge in [-0.25, -0.2) is 18.2 Å². The van der Waals surface area contributed by atoms with Gasteiger partial charge in [-0.05, 0) is 30.2 Å². The summed E-state index contributed by atoms with van der Waals surface area (Å²) < 4.78 is 46.0. The van der Waals surface area contributed by atoms with E-state index in [1.165, 1.54) is 25.4 Å². The van der Waals surface area contributed by atoms with Crippen molar-refractivity contribution in [1.29, 1.82) is 0 Å². The first kappa shape index (κ1) is 21.7. The van der Waals surface area contributed by atoms with Gasteiger partial charge in [-0.1, -0.05) is 11.6 Å². The van der Waals surface area contributed by atoms with Crippen molar-refractivity contribution in [2.45, 2.75) is 37.3 Å². The average Bonchev–Trinajstić information content (AvgIpc) is 3.10. The van der Waals surface area contributed by atoms with Crippen LogP contribution in [0.1, 0.15) is 29.6 Å². The Morgan fingerprint density at radius 2 is 2.10 bits per heavy atom. The van der Waals surface area contributed by atoms with E-state index in [4.69, 9.17) is 22.1 Å². The number of carbonyl (C=O) groups is 1. The molecule has 0 spiro atoms. The lowest BCUT2D eigenvalue weighted by atomic mass is 9.88. The first-order valence-electron chi connectivity index (χ1n) is 9.89. The fourth-order valence-electron chi connectivity index (χ4n) is 4.11. The number of nitrogens with zero attached hydrogens (tertiary/aromatic N) is 2. The number of nitrogens with one attached hydrogen (secondary N) is 1. The number of amides is 1. The highest BCUT2D eigenvalue weighted by atomic mass is 35.5. The minimum atomic E-state index is -2.76. The molecule has 166 valence electrons. The number of rotatable bonds is 5. The summed E-state index contributed by atoms with van der Waals surface area (Å²) in [5, 5.41) is 2.82. The third-order valence-corrected chi connectivity index (χ3v) is 5.79. The molecule has 10 heteroatoms. The van der Waals surface area contributed by atoms with Gasteiger partial charge in [0.2, 0.25) is 5.88 Å². The van der Waals surface area contributed by atoms with E-state index in [9.17, 15) is 18.0 Å². The molecule has 0 bridgehead atoms. The van der Waals surface area contributed by atoms with Gasteiger partial charge in [0.25, 0.3) is 11.8 Å². The van der Waals surface area contributed by atoms with Crippen LogP contribution in [0.3, 0.4) is 0 Å². The predicted molar refractivity (Wildman–Crippen MR) is 111 cm³/mol. The minimum absolute atomic E-state index is 0.107. The molecule has 1 aliphatic heterocycles. The van der Waals surface area contributed by atoms with Crippen molar-refractivity contribution in [2.24, 2.45) is 5.73 Å². The van der Waals surface area contributed by atoms with E-state index in [-0.39, 0.29) is 22.5 Å². The number of anilines is 1. The van der Waals surface area contributed by atoms with Crippen LogP contribution in [0.2, 0.25) is 5.02 Å². The second-order valence-corrected chi connectivity index (χ2v) is 8.43. The summed E-state index contributed by atoms with van der Waals surface area (Å²) in [6, 6.07) is 3.27. The number of hydrogen-bond acceptors (Lipinski definition) is 5. The quantitative estimate of drug-likeness (QED) is 0.721. The number of alkyl halides is 2. The fraction of sp³-hybridized carbons (Fsp3) is 0.429. The third-order valence-electron chi connectivity index (χ3n) is 5.57. The largest absolute Gasteiger partial charge is 0.480 e. The van der Waals surface area contributed by atoms with Gasteiger partial charge in [0, 0.05) is 49.2 Å². The summed E-state index contributed by atoms with van der Waals surface area (Å²) in [7, 11) is 1.42. The molecule has 3 N–H and O–H groups in total. The highest BCUT2D eigenvalue weighted by Crippen LogP contribution is 2.43. The summed E-state index contributed by atoms with van der Waals surface area (Å²) in [6.45, 7) is 1.02. The van der Waals surface area contributed by atoms with Crippen LogP contribution >= 0.6 is 11.6 Å². The fourth-order valence-corrected chi connectivity index (χ4v) is 4.33. The highest BCUT2D eigenvalue weighted by Gasteiger charge is 2.46. The number of benzene rings is 1. The van der Waals surface area contributed by atoms with Crippen molar-refractivity contribution in [1.82, 2.24) is 10.3 Å². The molecule has 1 amide bonds. The molecule has 2 fully saturated rings. The molecule has 0 unspecified atom stereocenters. The summed E-state index contributed by atoms with van der Waals surface area (Å²) in [6.07, 6.45) is 1.23. The van der Waals surface area contributed by atoms with E-state index in [2.05, 4.69) is 10.3 Å². The number of pyridine rings is 1. The number of ether oxygens (including phenoxy) is 1. The molecular weight excluding hydrogens is 433 g/mol. The average molecular weight is 455 g/mol. The number of carbonyl (C=O) groups excluding carboxylic acids is 1. The summed E-state index contributed by atoms with van der Waals surface area (Å²) in [4.78, 5) is 19.2. The molecule has 2 heterocycles. The lowest BCUT2D eigenvalue weighted by Gasteiger charge is -2.35. The molecule has 2 aliphatic rings. The topological polar surface area (TPSA) is 80.5 Å². The van der Waals surface area contributed by atoms with Crippen LogP contribution in [0.25, 0.3) is 11.1 Å². The van der Waals surface area contributed by atoms with Gasteiger partial charge >= 0.3 is 0 Å². The van der Waals surface area contributed by atoms with E-state index in [0.717, 1.165) is 0 Å². The maximum Gasteiger partial charge on any atom is 0.255 e. The summed E-state index contributed by atoms with van der Waals surface area (Å²) in [5.41, 5.74) is 7.50. The van der Waals surface area contributed by atoms with E-state index in [0.29, 0.717) is 36.3 Å². The van der Waals surface area contributed by atoms with Crippen LogP contribution in [0.5, 0.6) is 5.88 Å². The van der Waals surface area contributed by atoms with E-state index < -0.39 is 36.5 Å². The number of methoxy groups -OCH3 is 1. The zero-order valence-corrected chi connectivity index (χ0v) is 17.6. The van der Waals surface area contributed by atoms with Crippen LogP contribution in [0.15, 0.2) is 24.4 Å². The van der Waals surface area contributed by atoms with Gasteiger partial charge in [-0.3, -0.25) is 4.79 Å². The molecule has 1 saturated heterocycles. The Morgan fingerprint density at radius 1 is 1.35 bits per heavy atom. The lowest BCUT2D eigenvalue weighted by Crippen LogP contribution is -2.50. The van der Waals surface area contributed by atoms with Gasteiger partial charge in [0.05, 0.1) is 23.9 Å². The zero-order valence-electron chi connectivity index (χ0n) is 16.8. The predicted octanol–water partition coefficient (Wildman–Crippen LogP) is 3.61. The smallest absolute Gasteiger partial charge is 0.255 e. The highest BCUT2D eigenvalue weighted by molar-refractivity contribution is 6.31. The SMILES string of the molecule is COc1ncc(C(=O)NC2CC(F)(F)C2)c(N2CC[C@H](N)C2)c1-c1cc(F)cc(Cl)c1. The Kier molecular flexibility index (Phi) is 5.74. The Bertz CT molecular complexity index is 992. The maximum atomic E-state index is 14.1. The summed E-state index contributed by atoms with van der Waals surface area (Å²) >= 11 is 6.07. The third kappa shape index (κ3) is 4.43. The number of nitrogens with two attached hydrogens (primary N) is 1. The molecule has 1 atom stereocenters. The van der Waals surface area contributed by atoms with Crippen LogP contribution in [0, 0.1) is 5.82 Å². The lowest BCUT2D eigenvalue weighted by molar-refractivity contribution is -0.0901. The van der Waals surface area contributed by atoms with Gasteiger partial charge in [-0.15, -0.1) is 0 Å². The van der Waals surface area contributed by atoms with Crippen molar-refractivity contribution in [3.8, 4) is 17.0 Å². The van der Waals surface area contributed by atoms with Gasteiger partial charge in [0.1, 0.15) is 5.82 Å². The molecule has 4 rings (SSSR count). The Morgan fingerprint density at radius 3 is 2.68 bits per heavy atom. The Hall–Kier alpha value is -2.52. The number of aromatic nitrogens is 1. The van der Waals surface area contributed by atoms with Crippen molar-refractivity contribution in [2.75, 3.05) is 25.1 Å². The van der Waals surface area contributed by atoms with Crippen LogP contribution in [0.4, 0.5) is 18.9 Å². The standard InChI is InChI=1S/C21H22ClF3N4O2/c1-31-20-17(11-4-12(22)6-13(23)5-11)18(29-3-2-14(26)10-29)16(9-27-20)19(30)28-15-7-21(24,25)8-15/h4-6,9,14-15H,2-3,7-8,10,26H2,1H3,(H,28,30)/t14-/m0/s1. The van der Waals surface area contributed by atoms with Crippen molar-refractivity contribution < 1.29 is 22.7 Å². The van der Waals surface area contributed by atoms with Crippen LogP contribution in [-0.4, -0.2) is 49.1 Å². The van der Waals surface area contributed by atoms with Crippen LogP contribution < -0.4 is 20.7 Å². The summed E-state index contributed by atoms with van der Waals surface area (Å²) in [5.74, 6) is -3.66. The Balaban J connectivity index is 1.82. The second kappa shape index (κ2) is 8.20. The molecule has 1 aliphatic carbocycles. The second-order valence-electron chi connectivity index (χ2n) is 7.99. The van der Waals surface area contributed by atoms with Crippen molar-refractivity contribution >= 4 is 23.2 Å². The molecule has 1 saturated carbocycles. The van der Waals surface area contributed by atoms with E-state index in [1.807, 2.05) is 4.90 Å². The van der Waals surface area contributed by atoms with Gasteiger partial charge in [0.15, 0.2) is 0 Å². The monoisotopic (exact) mass is 454 g/mol. The number of hydrogen-bond donors (Lipinski definition) is 2. The molecule has 0 radical (unpaired) electrons. The molecule has 2 aromatic rings. The molecule has 6 nitrogen and oxygen atoms in total. The molecular formula is C21H22ClF3N4O2. The normalized spacial score (nSPS) is 20.5. The van der Waals surface area contributed by atoms with Crippen LogP contribution in [-0.2, 0) is 0 Å². The van der Waals surface area contributed by atoms with E-state index >= 15 is 0 Å². The van der Waals surface area contributed by atoms with Crippen molar-refractivity contribution in [3.63, 3.8) is 0 Å². The molecule has 31 heavy (non-hydrogen) atoms. The first-order chi connectivity index (χ1) is 14.7. The minimum Gasteiger partial charge on any atom is -0.480 e. The Labute approximate surface area is 182 Å². The van der Waals surface area contributed by atoms with Gasteiger partial charge < -0.3 is 20.7 Å². The van der Waals surface area contributed by atoms with Gasteiger partial charge in [-0.2, -0.15) is 0 Å². The number of halogens is 4. The maximum absolute atomic E-state index is 14.1. The van der Waals surface area contributed by atoms with E-state index in [1.54, 1.807) is 6.07 Å². The molecule has 1 aromatic carbocycles. The molecule has 1 aromatic heterocycles. The van der Waals surface area contributed by atoms with Crippen molar-refractivity contribution in [3.05, 3.63) is 40.8 Å².